The molecule has 1 aromatic carbocycles. The zero-order valence-corrected chi connectivity index (χ0v) is 12.0. The molecule has 0 aliphatic carbocycles. The highest BCUT2D eigenvalue weighted by Crippen LogP contribution is 2.21. The lowest BCUT2D eigenvalue weighted by Crippen LogP contribution is -2.49. The fourth-order valence-corrected chi connectivity index (χ4v) is 1.95. The third-order valence-electron chi connectivity index (χ3n) is 3.24. The number of hydrogen-bond acceptors (Lipinski definition) is 3. The standard InChI is InChI=1S/C14H19ClN2O2/c1-9-5-12(3-4-13(9)15)19-10(2)14(18)17-8-11-6-16-7-11/h3-5,10-11,16H,6-8H2,1-2H3,(H,17,18). The van der Waals surface area contributed by atoms with Gasteiger partial charge in [0.1, 0.15) is 5.75 Å². The maximum atomic E-state index is 11.9. The summed E-state index contributed by atoms with van der Waals surface area (Å²) in [4.78, 5) is 11.9. The van der Waals surface area contributed by atoms with E-state index in [1.165, 1.54) is 0 Å². The van der Waals surface area contributed by atoms with Gasteiger partial charge in [0, 0.05) is 30.6 Å². The number of ether oxygens (including phenoxy) is 1. The zero-order valence-electron chi connectivity index (χ0n) is 11.2. The molecule has 104 valence electrons. The van der Waals surface area contributed by atoms with E-state index in [0.717, 1.165) is 18.7 Å². The van der Waals surface area contributed by atoms with Crippen LogP contribution in [0.3, 0.4) is 0 Å². The number of rotatable bonds is 5. The molecule has 1 saturated heterocycles. The van der Waals surface area contributed by atoms with Crippen LogP contribution in [0.15, 0.2) is 18.2 Å². The van der Waals surface area contributed by atoms with Crippen LogP contribution >= 0.6 is 11.6 Å². The Morgan fingerprint density at radius 1 is 1.58 bits per heavy atom. The Morgan fingerprint density at radius 2 is 2.32 bits per heavy atom. The first-order valence-electron chi connectivity index (χ1n) is 6.47. The van der Waals surface area contributed by atoms with Crippen molar-refractivity contribution in [1.82, 2.24) is 10.6 Å². The zero-order chi connectivity index (χ0) is 13.8. The number of halogens is 1. The molecular weight excluding hydrogens is 264 g/mol. The monoisotopic (exact) mass is 282 g/mol. The molecule has 1 amide bonds. The molecule has 1 unspecified atom stereocenters. The van der Waals surface area contributed by atoms with Gasteiger partial charge in [0.2, 0.25) is 0 Å². The van der Waals surface area contributed by atoms with Gasteiger partial charge in [-0.1, -0.05) is 11.6 Å². The van der Waals surface area contributed by atoms with E-state index in [9.17, 15) is 4.79 Å². The molecule has 19 heavy (non-hydrogen) atoms. The predicted octanol–water partition coefficient (Wildman–Crippen LogP) is 1.75. The second-order valence-corrected chi connectivity index (χ2v) is 5.35. The molecule has 0 saturated carbocycles. The molecule has 1 aliphatic rings. The van der Waals surface area contributed by atoms with Crippen LogP contribution in [0.25, 0.3) is 0 Å². The summed E-state index contributed by atoms with van der Waals surface area (Å²) in [5.41, 5.74) is 0.937. The molecule has 1 atom stereocenters. The molecule has 4 nitrogen and oxygen atoms in total. The van der Waals surface area contributed by atoms with Gasteiger partial charge in [0.25, 0.3) is 5.91 Å². The van der Waals surface area contributed by atoms with Crippen molar-refractivity contribution in [2.75, 3.05) is 19.6 Å². The molecule has 2 N–H and O–H groups in total. The number of amides is 1. The van der Waals surface area contributed by atoms with Gasteiger partial charge < -0.3 is 15.4 Å². The SMILES string of the molecule is Cc1cc(OC(C)C(=O)NCC2CNC2)ccc1Cl. The van der Waals surface area contributed by atoms with Crippen LogP contribution in [-0.2, 0) is 4.79 Å². The van der Waals surface area contributed by atoms with E-state index < -0.39 is 6.10 Å². The number of benzene rings is 1. The minimum atomic E-state index is -0.506. The van der Waals surface area contributed by atoms with Gasteiger partial charge >= 0.3 is 0 Å². The maximum Gasteiger partial charge on any atom is 0.260 e. The van der Waals surface area contributed by atoms with Crippen LogP contribution in [0.2, 0.25) is 5.02 Å². The molecule has 0 bridgehead atoms. The molecule has 1 aliphatic heterocycles. The summed E-state index contributed by atoms with van der Waals surface area (Å²) in [6.45, 7) is 6.32. The van der Waals surface area contributed by atoms with Crippen molar-refractivity contribution in [2.45, 2.75) is 20.0 Å². The van der Waals surface area contributed by atoms with Crippen molar-refractivity contribution in [3.8, 4) is 5.75 Å². The molecule has 5 heteroatoms. The summed E-state index contributed by atoms with van der Waals surface area (Å²) in [7, 11) is 0. The second kappa shape index (κ2) is 6.26. The Hall–Kier alpha value is -1.26. The Kier molecular flexibility index (Phi) is 4.66. The fraction of sp³-hybridized carbons (Fsp3) is 0.500. The van der Waals surface area contributed by atoms with Gasteiger partial charge in [-0.15, -0.1) is 0 Å². The number of carbonyl (C=O) groups is 1. The Morgan fingerprint density at radius 3 is 2.89 bits per heavy atom. The van der Waals surface area contributed by atoms with Crippen LogP contribution < -0.4 is 15.4 Å². The molecule has 1 fully saturated rings. The molecular formula is C14H19ClN2O2. The van der Waals surface area contributed by atoms with Crippen LogP contribution in [-0.4, -0.2) is 31.6 Å². The third-order valence-corrected chi connectivity index (χ3v) is 3.67. The Labute approximate surface area is 118 Å². The summed E-state index contributed by atoms with van der Waals surface area (Å²) in [5.74, 6) is 1.13. The average Bonchev–Trinajstić information content (AvgIpc) is 2.31. The highest BCUT2D eigenvalue weighted by Gasteiger charge is 2.20. The van der Waals surface area contributed by atoms with Gasteiger partial charge in [-0.05, 0) is 37.6 Å². The number of hydrogen-bond donors (Lipinski definition) is 2. The van der Waals surface area contributed by atoms with E-state index in [4.69, 9.17) is 16.3 Å². The normalized spacial score (nSPS) is 16.6. The minimum Gasteiger partial charge on any atom is -0.481 e. The maximum absolute atomic E-state index is 11.9. The lowest BCUT2D eigenvalue weighted by atomic mass is 10.0. The largest absolute Gasteiger partial charge is 0.481 e. The highest BCUT2D eigenvalue weighted by molar-refractivity contribution is 6.31. The lowest BCUT2D eigenvalue weighted by Gasteiger charge is -2.27. The highest BCUT2D eigenvalue weighted by atomic mass is 35.5. The van der Waals surface area contributed by atoms with Gasteiger partial charge in [0.05, 0.1) is 0 Å². The fourth-order valence-electron chi connectivity index (χ4n) is 1.83. The first-order valence-corrected chi connectivity index (χ1v) is 6.85. The summed E-state index contributed by atoms with van der Waals surface area (Å²) < 4.78 is 5.61. The van der Waals surface area contributed by atoms with Gasteiger partial charge in [-0.3, -0.25) is 4.79 Å². The first-order chi connectivity index (χ1) is 9.06. The minimum absolute atomic E-state index is 0.0838. The quantitative estimate of drug-likeness (QED) is 0.865. The summed E-state index contributed by atoms with van der Waals surface area (Å²) in [6, 6.07) is 5.38. The van der Waals surface area contributed by atoms with Crippen molar-refractivity contribution in [1.29, 1.82) is 0 Å². The average molecular weight is 283 g/mol. The van der Waals surface area contributed by atoms with Crippen molar-refractivity contribution in [3.63, 3.8) is 0 Å². The summed E-state index contributed by atoms with van der Waals surface area (Å²) in [5, 5.41) is 6.77. The Bertz CT molecular complexity index is 461. The van der Waals surface area contributed by atoms with Gasteiger partial charge in [0.15, 0.2) is 6.10 Å². The van der Waals surface area contributed by atoms with Crippen LogP contribution in [0.1, 0.15) is 12.5 Å². The smallest absolute Gasteiger partial charge is 0.260 e. The third kappa shape index (κ3) is 3.85. The Balaban J connectivity index is 1.82. The molecule has 1 aromatic rings. The van der Waals surface area contributed by atoms with E-state index >= 15 is 0 Å². The van der Waals surface area contributed by atoms with Crippen molar-refractivity contribution in [3.05, 3.63) is 28.8 Å². The molecule has 2 rings (SSSR count). The lowest BCUT2D eigenvalue weighted by molar-refractivity contribution is -0.127. The van der Waals surface area contributed by atoms with E-state index in [-0.39, 0.29) is 5.91 Å². The van der Waals surface area contributed by atoms with Crippen LogP contribution in [0.5, 0.6) is 5.75 Å². The number of nitrogens with one attached hydrogen (secondary N) is 2. The topological polar surface area (TPSA) is 50.4 Å². The van der Waals surface area contributed by atoms with Crippen molar-refractivity contribution in [2.24, 2.45) is 5.92 Å². The van der Waals surface area contributed by atoms with Crippen LogP contribution in [0, 0.1) is 12.8 Å². The molecule has 0 radical (unpaired) electrons. The van der Waals surface area contributed by atoms with E-state index in [1.807, 2.05) is 13.0 Å². The second-order valence-electron chi connectivity index (χ2n) is 4.94. The number of aryl methyl sites for hydroxylation is 1. The van der Waals surface area contributed by atoms with Crippen molar-refractivity contribution < 1.29 is 9.53 Å². The summed E-state index contributed by atoms with van der Waals surface area (Å²) in [6.07, 6.45) is -0.506. The van der Waals surface area contributed by atoms with E-state index in [1.54, 1.807) is 19.1 Å². The van der Waals surface area contributed by atoms with Gasteiger partial charge in [-0.2, -0.15) is 0 Å². The summed E-state index contributed by atoms with van der Waals surface area (Å²) >= 11 is 5.95. The number of carbonyl (C=O) groups excluding carboxylic acids is 1. The van der Waals surface area contributed by atoms with E-state index in [2.05, 4.69) is 10.6 Å². The molecule has 0 aromatic heterocycles. The molecule has 1 heterocycles. The molecule has 0 spiro atoms. The predicted molar refractivity (Wildman–Crippen MR) is 75.6 cm³/mol. The first kappa shape index (κ1) is 14.2. The van der Waals surface area contributed by atoms with Crippen LogP contribution in [0.4, 0.5) is 0 Å². The van der Waals surface area contributed by atoms with Crippen molar-refractivity contribution >= 4 is 17.5 Å². The van der Waals surface area contributed by atoms with E-state index in [0.29, 0.717) is 23.2 Å². The van der Waals surface area contributed by atoms with Gasteiger partial charge in [-0.25, -0.2) is 0 Å².